The maximum atomic E-state index is 15.0. The van der Waals surface area contributed by atoms with Crippen LogP contribution in [0.5, 0.6) is 0 Å². The zero-order chi connectivity index (χ0) is 26.5. The van der Waals surface area contributed by atoms with E-state index < -0.39 is 23.2 Å². The van der Waals surface area contributed by atoms with E-state index >= 15 is 0 Å². The maximum absolute atomic E-state index is 15.0. The number of aromatic nitrogens is 1. The Labute approximate surface area is 215 Å². The van der Waals surface area contributed by atoms with E-state index in [9.17, 15) is 18.0 Å². The van der Waals surface area contributed by atoms with Crippen LogP contribution in [0.2, 0.25) is 0 Å². The molecule has 1 aliphatic heterocycles. The summed E-state index contributed by atoms with van der Waals surface area (Å²) in [4.78, 5) is 15.6. The van der Waals surface area contributed by atoms with Crippen LogP contribution in [0, 0.1) is 11.6 Å². The zero-order valence-electron chi connectivity index (χ0n) is 21.8. The summed E-state index contributed by atoms with van der Waals surface area (Å²) in [5.74, 6) is -1.31. The number of likely N-dealkylation sites (tertiary alicyclic amines) is 1. The summed E-state index contributed by atoms with van der Waals surface area (Å²) in [6.07, 6.45) is 6.23. The second-order valence-corrected chi connectivity index (χ2v) is 11.2. The number of nitrogens with zero attached hydrogens (tertiary/aromatic N) is 2. The fourth-order valence-electron chi connectivity index (χ4n) is 5.77. The van der Waals surface area contributed by atoms with Gasteiger partial charge in [-0.1, -0.05) is 12.1 Å². The third kappa shape index (κ3) is 4.79. The third-order valence-corrected chi connectivity index (χ3v) is 7.81. The lowest BCUT2D eigenvalue weighted by Crippen LogP contribution is -2.45. The highest BCUT2D eigenvalue weighted by atomic mass is 19.1. The van der Waals surface area contributed by atoms with Crippen molar-refractivity contribution in [3.63, 3.8) is 0 Å². The Bertz CT molecular complexity index is 1450. The summed E-state index contributed by atoms with van der Waals surface area (Å²) in [5, 5.41) is 0. The molecule has 3 heterocycles. The number of hydrogen-bond donors (Lipinski definition) is 0. The molecule has 3 nitrogen and oxygen atoms in total. The molecule has 5 rings (SSSR count). The summed E-state index contributed by atoms with van der Waals surface area (Å²) in [6.45, 7) is 10.4. The van der Waals surface area contributed by atoms with E-state index in [0.29, 0.717) is 5.52 Å². The molecular formula is C31H33F3N2O. The molecule has 2 aromatic heterocycles. The second kappa shape index (κ2) is 9.64. The molecule has 1 aromatic carbocycles. The monoisotopic (exact) mass is 506 g/mol. The Morgan fingerprint density at radius 3 is 2.27 bits per heavy atom. The molecule has 1 unspecified atom stereocenters. The lowest BCUT2D eigenvalue weighted by molar-refractivity contribution is 0.102. The van der Waals surface area contributed by atoms with Gasteiger partial charge >= 0.3 is 0 Å². The Kier molecular flexibility index (Phi) is 6.65. The van der Waals surface area contributed by atoms with Crippen LogP contribution in [0.15, 0.2) is 65.1 Å². The molecule has 3 aromatic rings. The number of allylic oxidation sites excluding steroid dienone is 4. The fraction of sp³-hybridized carbons (Fsp3) is 0.387. The predicted molar refractivity (Wildman–Crippen MR) is 144 cm³/mol. The van der Waals surface area contributed by atoms with Crippen LogP contribution in [0.25, 0.3) is 22.2 Å². The van der Waals surface area contributed by atoms with Gasteiger partial charge in [-0.15, -0.1) is 0 Å². The van der Waals surface area contributed by atoms with Crippen LogP contribution >= 0.6 is 0 Å². The summed E-state index contributed by atoms with van der Waals surface area (Å²) in [5.41, 5.74) is 3.29. The van der Waals surface area contributed by atoms with Gasteiger partial charge < -0.3 is 4.40 Å². The number of halogens is 3. The second-order valence-electron chi connectivity index (χ2n) is 11.2. The van der Waals surface area contributed by atoms with E-state index in [1.807, 2.05) is 23.5 Å². The van der Waals surface area contributed by atoms with Gasteiger partial charge in [-0.25, -0.2) is 13.2 Å². The molecule has 1 fully saturated rings. The zero-order valence-corrected chi connectivity index (χ0v) is 21.8. The van der Waals surface area contributed by atoms with Gasteiger partial charge in [0.2, 0.25) is 0 Å². The average Bonchev–Trinajstić information content (AvgIpc) is 2.84. The highest BCUT2D eigenvalue weighted by Gasteiger charge is 2.29. The minimum Gasteiger partial charge on any atom is -0.316 e. The van der Waals surface area contributed by atoms with Crippen LogP contribution in [0.4, 0.5) is 13.2 Å². The lowest BCUT2D eigenvalue weighted by Gasteiger charge is -2.41. The molecule has 0 radical (unpaired) electrons. The Morgan fingerprint density at radius 2 is 1.65 bits per heavy atom. The smallest absolute Gasteiger partial charge is 0.190 e. The Hall–Kier alpha value is -3.12. The van der Waals surface area contributed by atoms with Crippen molar-refractivity contribution < 1.29 is 13.2 Å². The molecule has 1 atom stereocenters. The van der Waals surface area contributed by atoms with Crippen molar-refractivity contribution in [3.8, 4) is 11.1 Å². The molecule has 37 heavy (non-hydrogen) atoms. The number of fused-ring (bicyclic) bond motifs is 1. The molecule has 0 bridgehead atoms. The first-order chi connectivity index (χ1) is 17.5. The number of alkyl halides is 1. The molecule has 6 heteroatoms. The minimum atomic E-state index is -1.04. The molecule has 0 saturated carbocycles. The van der Waals surface area contributed by atoms with Crippen LogP contribution in [0.1, 0.15) is 64.1 Å². The number of benzene rings is 1. The van der Waals surface area contributed by atoms with Crippen LogP contribution in [-0.4, -0.2) is 34.1 Å². The van der Waals surface area contributed by atoms with Gasteiger partial charge in [0.1, 0.15) is 17.8 Å². The topological polar surface area (TPSA) is 24.7 Å². The quantitative estimate of drug-likeness (QED) is 0.373. The summed E-state index contributed by atoms with van der Waals surface area (Å²) >= 11 is 0. The van der Waals surface area contributed by atoms with Crippen LogP contribution in [-0.2, 0) is 0 Å². The summed E-state index contributed by atoms with van der Waals surface area (Å²) < 4.78 is 45.8. The van der Waals surface area contributed by atoms with Gasteiger partial charge in [-0.05, 0) is 107 Å². The van der Waals surface area contributed by atoms with Gasteiger partial charge in [0, 0.05) is 24.2 Å². The van der Waals surface area contributed by atoms with E-state index in [4.69, 9.17) is 0 Å². The van der Waals surface area contributed by atoms with E-state index in [2.05, 4.69) is 31.7 Å². The summed E-state index contributed by atoms with van der Waals surface area (Å²) in [7, 11) is 0. The van der Waals surface area contributed by atoms with Crippen molar-refractivity contribution in [2.24, 2.45) is 0 Å². The molecule has 1 saturated heterocycles. The van der Waals surface area contributed by atoms with Crippen molar-refractivity contribution >= 4 is 11.1 Å². The van der Waals surface area contributed by atoms with Crippen molar-refractivity contribution in [3.05, 3.63) is 93.4 Å². The highest BCUT2D eigenvalue weighted by molar-refractivity contribution is 5.85. The van der Waals surface area contributed by atoms with Crippen LogP contribution in [0.3, 0.4) is 0 Å². The average molecular weight is 507 g/mol. The first kappa shape index (κ1) is 25.5. The van der Waals surface area contributed by atoms with Gasteiger partial charge in [0.05, 0.1) is 22.3 Å². The molecule has 0 spiro atoms. The standard InChI is InChI=1S/C31H33F3N2O/c1-19-16-22(32)8-9-23(19)26-17-21(20-10-13-35(14-11-20)31(2,3)4)18-27-30(28(37)12-15-36(26)27)29-24(33)6-5-7-25(29)34/h5-7,9,12,15-18,20,22H,8,10-11,13-14H2,1-4H3. The maximum Gasteiger partial charge on any atom is 0.190 e. The van der Waals surface area contributed by atoms with Gasteiger partial charge in [-0.3, -0.25) is 9.69 Å². The molecule has 1 aliphatic carbocycles. The molecule has 194 valence electrons. The number of rotatable bonds is 3. The number of pyridine rings is 2. The Balaban J connectivity index is 1.74. The third-order valence-electron chi connectivity index (χ3n) is 7.81. The number of hydrogen-bond acceptors (Lipinski definition) is 2. The molecule has 0 N–H and O–H groups in total. The van der Waals surface area contributed by atoms with Crippen molar-refractivity contribution in [2.75, 3.05) is 13.1 Å². The lowest BCUT2D eigenvalue weighted by atomic mass is 9.85. The van der Waals surface area contributed by atoms with Gasteiger partial charge in [0.25, 0.3) is 0 Å². The first-order valence-corrected chi connectivity index (χ1v) is 13.0. The Morgan fingerprint density at radius 1 is 0.973 bits per heavy atom. The first-order valence-electron chi connectivity index (χ1n) is 13.0. The molecule has 0 amide bonds. The SMILES string of the molecule is CC1=CC(F)CC=C1c1cc(C2CCN(C(C)(C)C)CC2)cc2c(-c3c(F)cccc3F)c(=O)ccn12. The molecular weight excluding hydrogens is 473 g/mol. The normalized spacial score (nSPS) is 19.7. The van der Waals surface area contributed by atoms with E-state index in [0.717, 1.165) is 48.3 Å². The van der Waals surface area contributed by atoms with Crippen molar-refractivity contribution in [1.82, 2.24) is 9.30 Å². The number of piperidine rings is 1. The summed E-state index contributed by atoms with van der Waals surface area (Å²) in [6, 6.07) is 9.02. The van der Waals surface area contributed by atoms with Crippen LogP contribution < -0.4 is 5.43 Å². The van der Waals surface area contributed by atoms with Gasteiger partial charge in [-0.2, -0.15) is 0 Å². The van der Waals surface area contributed by atoms with Gasteiger partial charge in [0.15, 0.2) is 5.43 Å². The largest absolute Gasteiger partial charge is 0.316 e. The van der Waals surface area contributed by atoms with E-state index in [-0.39, 0.29) is 29.0 Å². The molecule has 2 aliphatic rings. The van der Waals surface area contributed by atoms with E-state index in [1.54, 1.807) is 12.3 Å². The minimum absolute atomic E-state index is 0.00902. The highest BCUT2D eigenvalue weighted by Crippen LogP contribution is 2.38. The predicted octanol–water partition coefficient (Wildman–Crippen LogP) is 7.29. The van der Waals surface area contributed by atoms with Crippen molar-refractivity contribution in [1.29, 1.82) is 0 Å². The fourth-order valence-corrected chi connectivity index (χ4v) is 5.77. The van der Waals surface area contributed by atoms with Crippen molar-refractivity contribution in [2.45, 2.75) is 64.6 Å². The van der Waals surface area contributed by atoms with E-state index in [1.165, 1.54) is 24.3 Å².